The van der Waals surface area contributed by atoms with Crippen LogP contribution < -0.4 is 0 Å². The largest absolute Gasteiger partial charge is 0.461 e. The van der Waals surface area contributed by atoms with Crippen molar-refractivity contribution in [1.82, 2.24) is 0 Å². The van der Waals surface area contributed by atoms with Crippen LogP contribution in [0.25, 0.3) is 0 Å². The summed E-state index contributed by atoms with van der Waals surface area (Å²) in [5, 5.41) is 0. The number of esters is 1. The number of unbranched alkanes of at least 4 members (excludes halogenated alkanes) is 3. The molecule has 0 aliphatic rings. The Hall–Kier alpha value is -1.31. The molecule has 0 heterocycles. The number of ether oxygens (including phenoxy) is 1. The van der Waals surface area contributed by atoms with E-state index in [4.69, 9.17) is 4.74 Å². The summed E-state index contributed by atoms with van der Waals surface area (Å²) in [6, 6.07) is 9.78. The van der Waals surface area contributed by atoms with E-state index in [0.29, 0.717) is 13.0 Å². The molecule has 2 nitrogen and oxygen atoms in total. The Labute approximate surface area is 111 Å². The lowest BCUT2D eigenvalue weighted by molar-refractivity contribution is -0.145. The highest BCUT2D eigenvalue weighted by Crippen LogP contribution is 2.06. The van der Waals surface area contributed by atoms with Crippen molar-refractivity contribution in [1.29, 1.82) is 0 Å². The summed E-state index contributed by atoms with van der Waals surface area (Å²) < 4.78 is 5.17. The summed E-state index contributed by atoms with van der Waals surface area (Å²) >= 11 is 0. The summed E-state index contributed by atoms with van der Waals surface area (Å²) in [5.41, 5.74) is 1.05. The highest BCUT2D eigenvalue weighted by atomic mass is 16.5. The maximum absolute atomic E-state index is 11.4. The number of rotatable bonds is 7. The fraction of sp³-hybridized carbons (Fsp3) is 0.562. The first kappa shape index (κ1) is 16.7. The molecule has 102 valence electrons. The Morgan fingerprint density at radius 3 is 2.33 bits per heavy atom. The van der Waals surface area contributed by atoms with E-state index in [9.17, 15) is 4.79 Å². The zero-order chi connectivity index (χ0) is 13.6. The van der Waals surface area contributed by atoms with Crippen molar-refractivity contribution in [2.45, 2.75) is 59.5 Å². The third kappa shape index (κ3) is 8.80. The van der Waals surface area contributed by atoms with E-state index in [1.165, 1.54) is 12.8 Å². The van der Waals surface area contributed by atoms with Gasteiger partial charge in [0.15, 0.2) is 0 Å². The molecule has 0 saturated carbocycles. The van der Waals surface area contributed by atoms with E-state index in [1.54, 1.807) is 0 Å². The zero-order valence-electron chi connectivity index (χ0n) is 11.9. The molecular weight excluding hydrogens is 224 g/mol. The van der Waals surface area contributed by atoms with Gasteiger partial charge < -0.3 is 4.74 Å². The molecule has 0 atom stereocenters. The zero-order valence-corrected chi connectivity index (χ0v) is 11.9. The SMILES string of the molecule is CC.CCCCCCC(=O)OCc1ccccc1. The number of carbonyl (C=O) groups excluding carboxylic acids is 1. The Bertz CT molecular complexity index is 293. The minimum Gasteiger partial charge on any atom is -0.461 e. The molecule has 1 aromatic rings. The van der Waals surface area contributed by atoms with Crippen molar-refractivity contribution >= 4 is 5.97 Å². The molecule has 0 radical (unpaired) electrons. The predicted octanol–water partition coefficient (Wildman–Crippen LogP) is 4.73. The second-order valence-electron chi connectivity index (χ2n) is 3.96. The van der Waals surface area contributed by atoms with Gasteiger partial charge in [0.1, 0.15) is 6.61 Å². The average molecular weight is 250 g/mol. The predicted molar refractivity (Wildman–Crippen MR) is 76.3 cm³/mol. The molecule has 2 heteroatoms. The van der Waals surface area contributed by atoms with E-state index < -0.39 is 0 Å². The van der Waals surface area contributed by atoms with E-state index >= 15 is 0 Å². The average Bonchev–Trinajstić information content (AvgIpc) is 2.45. The smallest absolute Gasteiger partial charge is 0.306 e. The Morgan fingerprint density at radius 2 is 1.72 bits per heavy atom. The maximum Gasteiger partial charge on any atom is 0.306 e. The minimum absolute atomic E-state index is 0.0834. The second kappa shape index (κ2) is 12.2. The minimum atomic E-state index is -0.0834. The van der Waals surface area contributed by atoms with E-state index in [-0.39, 0.29) is 5.97 Å². The Morgan fingerprint density at radius 1 is 1.06 bits per heavy atom. The van der Waals surface area contributed by atoms with E-state index in [2.05, 4.69) is 6.92 Å². The molecule has 0 saturated heterocycles. The number of carbonyl (C=O) groups is 1. The third-order valence-corrected chi connectivity index (χ3v) is 2.48. The van der Waals surface area contributed by atoms with Crippen molar-refractivity contribution < 1.29 is 9.53 Å². The highest BCUT2D eigenvalue weighted by Gasteiger charge is 2.02. The van der Waals surface area contributed by atoms with Crippen LogP contribution in [0.3, 0.4) is 0 Å². The van der Waals surface area contributed by atoms with Gasteiger partial charge in [0.05, 0.1) is 0 Å². The van der Waals surface area contributed by atoms with Crippen molar-refractivity contribution in [3.8, 4) is 0 Å². The topological polar surface area (TPSA) is 26.3 Å². The van der Waals surface area contributed by atoms with Crippen LogP contribution in [0.4, 0.5) is 0 Å². The van der Waals surface area contributed by atoms with E-state index in [0.717, 1.165) is 18.4 Å². The molecule has 18 heavy (non-hydrogen) atoms. The molecule has 1 aromatic carbocycles. The van der Waals surface area contributed by atoms with Crippen LogP contribution in [0, 0.1) is 0 Å². The number of hydrogen-bond donors (Lipinski definition) is 0. The van der Waals surface area contributed by atoms with Gasteiger partial charge in [0.2, 0.25) is 0 Å². The van der Waals surface area contributed by atoms with Gasteiger partial charge >= 0.3 is 5.97 Å². The highest BCUT2D eigenvalue weighted by molar-refractivity contribution is 5.69. The van der Waals surface area contributed by atoms with Gasteiger partial charge in [-0.3, -0.25) is 4.79 Å². The Kier molecular flexibility index (Phi) is 11.3. The van der Waals surface area contributed by atoms with Crippen molar-refractivity contribution in [2.24, 2.45) is 0 Å². The van der Waals surface area contributed by atoms with Crippen LogP contribution in [-0.2, 0) is 16.1 Å². The van der Waals surface area contributed by atoms with Gasteiger partial charge in [-0.15, -0.1) is 0 Å². The monoisotopic (exact) mass is 250 g/mol. The fourth-order valence-corrected chi connectivity index (χ4v) is 1.51. The first-order valence-corrected chi connectivity index (χ1v) is 7.02. The normalized spacial score (nSPS) is 9.28. The quantitative estimate of drug-likeness (QED) is 0.516. The van der Waals surface area contributed by atoms with Crippen LogP contribution >= 0.6 is 0 Å². The molecule has 0 fully saturated rings. The lowest BCUT2D eigenvalue weighted by Crippen LogP contribution is -2.04. The Balaban J connectivity index is 0.00000137. The lowest BCUT2D eigenvalue weighted by atomic mass is 10.1. The van der Waals surface area contributed by atoms with Gasteiger partial charge in [-0.05, 0) is 12.0 Å². The number of hydrogen-bond acceptors (Lipinski definition) is 2. The van der Waals surface area contributed by atoms with Crippen molar-refractivity contribution in [3.05, 3.63) is 35.9 Å². The van der Waals surface area contributed by atoms with Crippen LogP contribution in [0.5, 0.6) is 0 Å². The molecule has 0 amide bonds. The summed E-state index contributed by atoms with van der Waals surface area (Å²) in [4.78, 5) is 11.4. The number of benzene rings is 1. The van der Waals surface area contributed by atoms with Gasteiger partial charge in [0.25, 0.3) is 0 Å². The lowest BCUT2D eigenvalue weighted by Gasteiger charge is -2.04. The van der Waals surface area contributed by atoms with Gasteiger partial charge in [-0.25, -0.2) is 0 Å². The van der Waals surface area contributed by atoms with Crippen LogP contribution in [0.15, 0.2) is 30.3 Å². The molecule has 1 rings (SSSR count). The first-order chi connectivity index (χ1) is 8.83. The molecule has 0 aliphatic heterocycles. The summed E-state index contributed by atoms with van der Waals surface area (Å²) in [6.45, 7) is 6.56. The van der Waals surface area contributed by atoms with Crippen molar-refractivity contribution in [2.75, 3.05) is 0 Å². The first-order valence-electron chi connectivity index (χ1n) is 7.02. The summed E-state index contributed by atoms with van der Waals surface area (Å²) in [6.07, 6.45) is 5.01. The summed E-state index contributed by atoms with van der Waals surface area (Å²) in [5.74, 6) is -0.0834. The molecule has 0 aliphatic carbocycles. The van der Waals surface area contributed by atoms with Gasteiger partial charge in [-0.2, -0.15) is 0 Å². The van der Waals surface area contributed by atoms with Crippen LogP contribution in [0.1, 0.15) is 58.4 Å². The fourth-order valence-electron chi connectivity index (χ4n) is 1.51. The molecule has 0 aromatic heterocycles. The molecular formula is C16H26O2. The maximum atomic E-state index is 11.4. The molecule has 0 spiro atoms. The molecule has 0 N–H and O–H groups in total. The van der Waals surface area contributed by atoms with Crippen molar-refractivity contribution in [3.63, 3.8) is 0 Å². The third-order valence-electron chi connectivity index (χ3n) is 2.48. The standard InChI is InChI=1S/C14H20O2.C2H6/c1-2-3-4-8-11-14(15)16-12-13-9-6-5-7-10-13;1-2/h5-7,9-10H,2-4,8,11-12H2,1H3;1-2H3. The van der Waals surface area contributed by atoms with Crippen LogP contribution in [0.2, 0.25) is 0 Å². The van der Waals surface area contributed by atoms with Crippen LogP contribution in [-0.4, -0.2) is 5.97 Å². The van der Waals surface area contributed by atoms with E-state index in [1.807, 2.05) is 44.2 Å². The van der Waals surface area contributed by atoms with Gasteiger partial charge in [0, 0.05) is 6.42 Å². The molecule has 0 bridgehead atoms. The molecule has 0 unspecified atom stereocenters. The van der Waals surface area contributed by atoms with Gasteiger partial charge in [-0.1, -0.05) is 70.4 Å². The second-order valence-corrected chi connectivity index (χ2v) is 3.96. The summed E-state index contributed by atoms with van der Waals surface area (Å²) in [7, 11) is 0.